The molecule has 0 aliphatic carbocycles. The van der Waals surface area contributed by atoms with Crippen LogP contribution in [-0.2, 0) is 13.1 Å². The van der Waals surface area contributed by atoms with Gasteiger partial charge in [0.2, 0.25) is 0 Å². The predicted molar refractivity (Wildman–Crippen MR) is 78.8 cm³/mol. The predicted octanol–water partition coefficient (Wildman–Crippen LogP) is 2.48. The SMILES string of the molecule is CN(Cc1cccc(C#N)c1)Cc1cc(N)ccc1O. The van der Waals surface area contributed by atoms with Gasteiger partial charge in [-0.15, -0.1) is 0 Å². The first-order valence-electron chi connectivity index (χ1n) is 6.33. The standard InChI is InChI=1S/C16H17N3O/c1-19(10-13-4-2-3-12(7-13)9-17)11-14-8-15(18)5-6-16(14)20/h2-8,20H,10-11,18H2,1H3. The molecule has 0 fully saturated rings. The Morgan fingerprint density at radius 2 is 2.00 bits per heavy atom. The number of nitriles is 1. The maximum atomic E-state index is 9.81. The van der Waals surface area contributed by atoms with Gasteiger partial charge in [-0.3, -0.25) is 4.90 Å². The number of hydrogen-bond donors (Lipinski definition) is 2. The Bertz CT molecular complexity index is 646. The van der Waals surface area contributed by atoms with E-state index in [1.165, 1.54) is 0 Å². The highest BCUT2D eigenvalue weighted by molar-refractivity contribution is 5.47. The second kappa shape index (κ2) is 6.09. The Kier molecular flexibility index (Phi) is 4.24. The average molecular weight is 267 g/mol. The molecule has 2 rings (SSSR count). The number of phenols is 1. The number of benzene rings is 2. The second-order valence-corrected chi connectivity index (χ2v) is 4.87. The third kappa shape index (κ3) is 3.50. The minimum Gasteiger partial charge on any atom is -0.508 e. The van der Waals surface area contributed by atoms with E-state index in [9.17, 15) is 5.11 Å². The van der Waals surface area contributed by atoms with Crippen LogP contribution in [0.2, 0.25) is 0 Å². The van der Waals surface area contributed by atoms with Crippen LogP contribution in [0.1, 0.15) is 16.7 Å². The summed E-state index contributed by atoms with van der Waals surface area (Å²) in [6.07, 6.45) is 0. The van der Waals surface area contributed by atoms with Crippen molar-refractivity contribution in [2.24, 2.45) is 0 Å². The molecule has 0 saturated carbocycles. The minimum atomic E-state index is 0.247. The molecule has 0 radical (unpaired) electrons. The molecule has 0 aromatic heterocycles. The zero-order chi connectivity index (χ0) is 14.5. The van der Waals surface area contributed by atoms with Crippen LogP contribution in [-0.4, -0.2) is 17.1 Å². The molecule has 20 heavy (non-hydrogen) atoms. The van der Waals surface area contributed by atoms with Crippen LogP contribution in [0.4, 0.5) is 5.69 Å². The molecular weight excluding hydrogens is 250 g/mol. The summed E-state index contributed by atoms with van der Waals surface area (Å²) in [5.74, 6) is 0.247. The lowest BCUT2D eigenvalue weighted by Gasteiger charge is -2.18. The Morgan fingerprint density at radius 3 is 2.75 bits per heavy atom. The van der Waals surface area contributed by atoms with E-state index in [0.717, 1.165) is 11.1 Å². The molecule has 0 saturated heterocycles. The molecule has 0 amide bonds. The Morgan fingerprint density at radius 1 is 1.20 bits per heavy atom. The highest BCUT2D eigenvalue weighted by Gasteiger charge is 2.07. The topological polar surface area (TPSA) is 73.3 Å². The first-order valence-corrected chi connectivity index (χ1v) is 6.33. The summed E-state index contributed by atoms with van der Waals surface area (Å²) in [6.45, 7) is 1.29. The summed E-state index contributed by atoms with van der Waals surface area (Å²) in [5.41, 5.74) is 8.88. The van der Waals surface area contributed by atoms with Crippen molar-refractivity contribution in [1.82, 2.24) is 4.90 Å². The van der Waals surface area contributed by atoms with E-state index >= 15 is 0 Å². The molecule has 0 unspecified atom stereocenters. The lowest BCUT2D eigenvalue weighted by molar-refractivity contribution is 0.312. The lowest BCUT2D eigenvalue weighted by atomic mass is 10.1. The summed E-state index contributed by atoms with van der Waals surface area (Å²) < 4.78 is 0. The van der Waals surface area contributed by atoms with Crippen LogP contribution in [0, 0.1) is 11.3 Å². The monoisotopic (exact) mass is 267 g/mol. The van der Waals surface area contributed by atoms with Crippen LogP contribution >= 0.6 is 0 Å². The summed E-state index contributed by atoms with van der Waals surface area (Å²) in [6, 6.07) is 14.7. The fraction of sp³-hybridized carbons (Fsp3) is 0.188. The van der Waals surface area contributed by atoms with E-state index in [1.54, 1.807) is 24.3 Å². The van der Waals surface area contributed by atoms with Crippen molar-refractivity contribution in [3.05, 3.63) is 59.2 Å². The number of aromatic hydroxyl groups is 1. The first-order chi connectivity index (χ1) is 9.58. The van der Waals surface area contributed by atoms with Gasteiger partial charge in [-0.2, -0.15) is 5.26 Å². The number of nitrogen functional groups attached to an aromatic ring is 1. The molecule has 0 aliphatic rings. The summed E-state index contributed by atoms with van der Waals surface area (Å²) >= 11 is 0. The maximum absolute atomic E-state index is 9.81. The fourth-order valence-electron chi connectivity index (χ4n) is 2.13. The van der Waals surface area contributed by atoms with Crippen molar-refractivity contribution in [3.8, 4) is 11.8 Å². The Balaban J connectivity index is 2.07. The van der Waals surface area contributed by atoms with Gasteiger partial charge in [0.25, 0.3) is 0 Å². The average Bonchev–Trinajstić information content (AvgIpc) is 2.43. The van der Waals surface area contributed by atoms with Crippen LogP contribution in [0.5, 0.6) is 5.75 Å². The van der Waals surface area contributed by atoms with E-state index < -0.39 is 0 Å². The maximum Gasteiger partial charge on any atom is 0.120 e. The summed E-state index contributed by atoms with van der Waals surface area (Å²) in [4.78, 5) is 2.06. The third-order valence-electron chi connectivity index (χ3n) is 3.05. The van der Waals surface area contributed by atoms with E-state index in [2.05, 4.69) is 11.0 Å². The van der Waals surface area contributed by atoms with Gasteiger partial charge in [-0.1, -0.05) is 12.1 Å². The van der Waals surface area contributed by atoms with Crippen molar-refractivity contribution >= 4 is 5.69 Å². The van der Waals surface area contributed by atoms with Gasteiger partial charge >= 0.3 is 0 Å². The van der Waals surface area contributed by atoms with Gasteiger partial charge in [0.05, 0.1) is 11.6 Å². The lowest BCUT2D eigenvalue weighted by Crippen LogP contribution is -2.17. The fourth-order valence-corrected chi connectivity index (χ4v) is 2.13. The van der Waals surface area contributed by atoms with Crippen molar-refractivity contribution in [2.45, 2.75) is 13.1 Å². The van der Waals surface area contributed by atoms with Gasteiger partial charge in [0.1, 0.15) is 5.75 Å². The third-order valence-corrected chi connectivity index (χ3v) is 3.05. The van der Waals surface area contributed by atoms with Crippen molar-refractivity contribution in [3.63, 3.8) is 0 Å². The van der Waals surface area contributed by atoms with Gasteiger partial charge in [-0.05, 0) is 42.9 Å². The van der Waals surface area contributed by atoms with E-state index in [4.69, 9.17) is 11.0 Å². The van der Waals surface area contributed by atoms with Crippen LogP contribution in [0.25, 0.3) is 0 Å². The van der Waals surface area contributed by atoms with E-state index in [1.807, 2.05) is 25.2 Å². The van der Waals surface area contributed by atoms with Gasteiger partial charge in [-0.25, -0.2) is 0 Å². The molecule has 102 valence electrons. The number of hydrogen-bond acceptors (Lipinski definition) is 4. The number of phenolic OH excluding ortho intramolecular Hbond substituents is 1. The molecule has 0 heterocycles. The first kappa shape index (κ1) is 13.9. The summed E-state index contributed by atoms with van der Waals surface area (Å²) in [5, 5.41) is 18.7. The molecular formula is C16H17N3O. The van der Waals surface area contributed by atoms with Gasteiger partial charge < -0.3 is 10.8 Å². The molecule has 0 atom stereocenters. The smallest absolute Gasteiger partial charge is 0.120 e. The highest BCUT2D eigenvalue weighted by atomic mass is 16.3. The molecule has 2 aromatic carbocycles. The molecule has 0 bridgehead atoms. The zero-order valence-corrected chi connectivity index (χ0v) is 11.4. The summed E-state index contributed by atoms with van der Waals surface area (Å²) in [7, 11) is 1.96. The molecule has 0 aliphatic heterocycles. The van der Waals surface area contributed by atoms with Crippen molar-refractivity contribution in [1.29, 1.82) is 5.26 Å². The van der Waals surface area contributed by atoms with Crippen molar-refractivity contribution in [2.75, 3.05) is 12.8 Å². The van der Waals surface area contributed by atoms with Crippen LogP contribution in [0.3, 0.4) is 0 Å². The van der Waals surface area contributed by atoms with Crippen molar-refractivity contribution < 1.29 is 5.11 Å². The minimum absolute atomic E-state index is 0.247. The number of rotatable bonds is 4. The van der Waals surface area contributed by atoms with E-state index in [-0.39, 0.29) is 5.75 Å². The number of anilines is 1. The Labute approximate surface area is 118 Å². The highest BCUT2D eigenvalue weighted by Crippen LogP contribution is 2.21. The zero-order valence-electron chi connectivity index (χ0n) is 11.4. The van der Waals surface area contributed by atoms with Crippen LogP contribution < -0.4 is 5.73 Å². The Hall–Kier alpha value is -2.51. The molecule has 3 N–H and O–H groups in total. The van der Waals surface area contributed by atoms with E-state index in [0.29, 0.717) is 24.3 Å². The molecule has 0 spiro atoms. The molecule has 2 aromatic rings. The largest absolute Gasteiger partial charge is 0.508 e. The van der Waals surface area contributed by atoms with Gasteiger partial charge in [0, 0.05) is 24.3 Å². The molecule has 4 nitrogen and oxygen atoms in total. The van der Waals surface area contributed by atoms with Gasteiger partial charge in [0.15, 0.2) is 0 Å². The second-order valence-electron chi connectivity index (χ2n) is 4.87. The molecule has 4 heteroatoms. The number of nitrogens with two attached hydrogens (primary N) is 1. The number of nitrogens with zero attached hydrogens (tertiary/aromatic N) is 2. The normalized spacial score (nSPS) is 10.4. The quantitative estimate of drug-likeness (QED) is 0.659. The van der Waals surface area contributed by atoms with Crippen LogP contribution in [0.15, 0.2) is 42.5 Å².